The topological polar surface area (TPSA) is 12.0 Å². The van der Waals surface area contributed by atoms with Crippen LogP contribution in [-0.4, -0.2) is 0 Å². The lowest BCUT2D eigenvalue weighted by Gasteiger charge is -2.22. The molecule has 1 unspecified atom stereocenters. The van der Waals surface area contributed by atoms with Gasteiger partial charge in [-0.2, -0.15) is 0 Å². The van der Waals surface area contributed by atoms with Crippen LogP contribution in [0.5, 0.6) is 0 Å². The molecule has 1 aliphatic carbocycles. The molecule has 2 aromatic rings. The van der Waals surface area contributed by atoms with Crippen molar-refractivity contribution in [2.45, 2.75) is 32.7 Å². The molecule has 0 radical (unpaired) electrons. The van der Waals surface area contributed by atoms with Gasteiger partial charge in [-0.15, -0.1) is 0 Å². The molecule has 3 heteroatoms. The zero-order valence-electron chi connectivity index (χ0n) is 12.3. The molecule has 1 N–H and O–H groups in total. The molecule has 0 spiro atoms. The first kappa shape index (κ1) is 14.6. The van der Waals surface area contributed by atoms with Crippen LogP contribution in [0.3, 0.4) is 0 Å². The van der Waals surface area contributed by atoms with Gasteiger partial charge in [0, 0.05) is 5.69 Å². The number of halogens is 2. The van der Waals surface area contributed by atoms with E-state index in [0.29, 0.717) is 16.4 Å². The summed E-state index contributed by atoms with van der Waals surface area (Å²) in [5.74, 6) is 0.465. The quantitative estimate of drug-likeness (QED) is 0.740. The first-order valence-corrected chi connectivity index (χ1v) is 8.12. The van der Waals surface area contributed by atoms with Gasteiger partial charge >= 0.3 is 0 Å². The number of benzene rings is 2. The van der Waals surface area contributed by atoms with E-state index in [0.717, 1.165) is 11.3 Å². The highest BCUT2D eigenvalue weighted by atomic mass is 79.9. The second-order valence-corrected chi connectivity index (χ2v) is 6.81. The van der Waals surface area contributed by atoms with Gasteiger partial charge in [0.05, 0.1) is 10.5 Å². The molecule has 21 heavy (non-hydrogen) atoms. The van der Waals surface area contributed by atoms with Crippen molar-refractivity contribution in [3.63, 3.8) is 0 Å². The average molecular weight is 348 g/mol. The minimum Gasteiger partial charge on any atom is -0.378 e. The Morgan fingerprint density at radius 1 is 1.14 bits per heavy atom. The van der Waals surface area contributed by atoms with Crippen LogP contribution >= 0.6 is 15.9 Å². The van der Waals surface area contributed by atoms with Gasteiger partial charge in [0.2, 0.25) is 0 Å². The fourth-order valence-corrected chi connectivity index (χ4v) is 2.99. The van der Waals surface area contributed by atoms with Crippen molar-refractivity contribution in [1.29, 1.82) is 0 Å². The van der Waals surface area contributed by atoms with Crippen LogP contribution < -0.4 is 5.32 Å². The lowest BCUT2D eigenvalue weighted by molar-refractivity contribution is 0.619. The molecule has 2 aromatic carbocycles. The van der Waals surface area contributed by atoms with E-state index in [1.807, 2.05) is 13.0 Å². The summed E-state index contributed by atoms with van der Waals surface area (Å²) in [6, 6.07) is 12.4. The Balaban J connectivity index is 1.89. The van der Waals surface area contributed by atoms with Crippen molar-refractivity contribution in [2.75, 3.05) is 5.32 Å². The molecule has 0 heterocycles. The van der Waals surface area contributed by atoms with E-state index in [1.165, 1.54) is 24.0 Å². The third-order valence-corrected chi connectivity index (χ3v) is 4.72. The van der Waals surface area contributed by atoms with E-state index < -0.39 is 0 Å². The molecule has 0 aliphatic heterocycles. The van der Waals surface area contributed by atoms with E-state index in [9.17, 15) is 4.39 Å². The standard InChI is InChI=1S/C18H19BrFN/c1-11-3-5-13(6-4-11)18(14-7-8-14)21-17-10-15(19)16(20)9-12(17)2/h3-6,9-10,14,18,21H,7-8H2,1-2H3. The lowest BCUT2D eigenvalue weighted by atomic mass is 10.00. The van der Waals surface area contributed by atoms with Gasteiger partial charge in [-0.3, -0.25) is 0 Å². The molecule has 1 atom stereocenters. The van der Waals surface area contributed by atoms with Gasteiger partial charge in [-0.25, -0.2) is 4.39 Å². The summed E-state index contributed by atoms with van der Waals surface area (Å²) >= 11 is 3.27. The first-order chi connectivity index (χ1) is 10.0. The van der Waals surface area contributed by atoms with E-state index in [1.54, 1.807) is 6.07 Å². The van der Waals surface area contributed by atoms with Crippen LogP contribution in [-0.2, 0) is 0 Å². The van der Waals surface area contributed by atoms with Crippen molar-refractivity contribution in [3.05, 3.63) is 63.4 Å². The Morgan fingerprint density at radius 3 is 2.43 bits per heavy atom. The Hall–Kier alpha value is -1.35. The number of hydrogen-bond acceptors (Lipinski definition) is 1. The van der Waals surface area contributed by atoms with E-state index in [4.69, 9.17) is 0 Å². The molecule has 0 saturated heterocycles. The van der Waals surface area contributed by atoms with Crippen LogP contribution in [0.25, 0.3) is 0 Å². The maximum Gasteiger partial charge on any atom is 0.137 e. The first-order valence-electron chi connectivity index (χ1n) is 7.33. The zero-order valence-corrected chi connectivity index (χ0v) is 13.9. The Bertz CT molecular complexity index is 647. The normalized spacial score (nSPS) is 15.8. The molecular formula is C18H19BrFN. The van der Waals surface area contributed by atoms with E-state index >= 15 is 0 Å². The summed E-state index contributed by atoms with van der Waals surface area (Å²) in [6.45, 7) is 4.04. The number of nitrogens with one attached hydrogen (secondary N) is 1. The molecule has 0 amide bonds. The molecule has 110 valence electrons. The molecule has 1 fully saturated rings. The summed E-state index contributed by atoms with van der Waals surface area (Å²) in [4.78, 5) is 0. The molecule has 0 bridgehead atoms. The van der Waals surface area contributed by atoms with Gasteiger partial charge in [-0.05, 0) is 71.8 Å². The molecule has 1 saturated carbocycles. The smallest absolute Gasteiger partial charge is 0.137 e. The van der Waals surface area contributed by atoms with Crippen molar-refractivity contribution < 1.29 is 4.39 Å². The molecule has 0 aromatic heterocycles. The lowest BCUT2D eigenvalue weighted by Crippen LogP contribution is -2.14. The molecule has 3 rings (SSSR count). The average Bonchev–Trinajstić information content (AvgIpc) is 3.27. The fraction of sp³-hybridized carbons (Fsp3) is 0.333. The van der Waals surface area contributed by atoms with Crippen LogP contribution in [0.15, 0.2) is 40.9 Å². The minimum absolute atomic E-state index is 0.212. The summed E-state index contributed by atoms with van der Waals surface area (Å²) in [6.07, 6.45) is 2.51. The monoisotopic (exact) mass is 347 g/mol. The highest BCUT2D eigenvalue weighted by Crippen LogP contribution is 2.43. The van der Waals surface area contributed by atoms with Gasteiger partial charge in [-0.1, -0.05) is 29.8 Å². The third kappa shape index (κ3) is 3.29. The number of hydrogen-bond donors (Lipinski definition) is 1. The summed E-state index contributed by atoms with van der Waals surface area (Å²) in [5.41, 5.74) is 4.52. The zero-order chi connectivity index (χ0) is 15.0. The SMILES string of the molecule is Cc1ccc(C(Nc2cc(Br)c(F)cc2C)C2CC2)cc1. The van der Waals surface area contributed by atoms with E-state index in [2.05, 4.69) is 52.4 Å². The van der Waals surface area contributed by atoms with Crippen molar-refractivity contribution in [1.82, 2.24) is 0 Å². The van der Waals surface area contributed by atoms with Crippen LogP contribution in [0.4, 0.5) is 10.1 Å². The largest absolute Gasteiger partial charge is 0.378 e. The van der Waals surface area contributed by atoms with Crippen LogP contribution in [0.2, 0.25) is 0 Å². The van der Waals surface area contributed by atoms with Crippen molar-refractivity contribution in [3.8, 4) is 0 Å². The number of aryl methyl sites for hydroxylation is 2. The maximum atomic E-state index is 13.6. The van der Waals surface area contributed by atoms with Crippen molar-refractivity contribution in [2.24, 2.45) is 5.92 Å². The minimum atomic E-state index is -0.212. The van der Waals surface area contributed by atoms with Gasteiger partial charge < -0.3 is 5.32 Å². The number of anilines is 1. The Kier molecular flexibility index (Phi) is 4.03. The second kappa shape index (κ2) is 5.80. The predicted molar refractivity (Wildman–Crippen MR) is 89.1 cm³/mol. The third-order valence-electron chi connectivity index (χ3n) is 4.11. The Morgan fingerprint density at radius 2 is 1.81 bits per heavy atom. The summed E-state index contributed by atoms with van der Waals surface area (Å²) < 4.78 is 14.1. The highest BCUT2D eigenvalue weighted by molar-refractivity contribution is 9.10. The van der Waals surface area contributed by atoms with Crippen LogP contribution in [0.1, 0.15) is 35.6 Å². The van der Waals surface area contributed by atoms with Crippen molar-refractivity contribution >= 4 is 21.6 Å². The molecular weight excluding hydrogens is 329 g/mol. The summed E-state index contributed by atoms with van der Waals surface area (Å²) in [7, 11) is 0. The molecule has 1 aliphatic rings. The highest BCUT2D eigenvalue weighted by Gasteiger charge is 2.32. The second-order valence-electron chi connectivity index (χ2n) is 5.95. The Labute approximate surface area is 133 Å². The number of rotatable bonds is 4. The van der Waals surface area contributed by atoms with Gasteiger partial charge in [0.1, 0.15) is 5.82 Å². The van der Waals surface area contributed by atoms with E-state index in [-0.39, 0.29) is 5.82 Å². The maximum absolute atomic E-state index is 13.6. The predicted octanol–water partition coefficient (Wildman–Crippen LogP) is 5.77. The van der Waals surface area contributed by atoms with Crippen LogP contribution in [0, 0.1) is 25.6 Å². The molecule has 1 nitrogen and oxygen atoms in total. The summed E-state index contributed by atoms with van der Waals surface area (Å²) in [5, 5.41) is 3.62. The fourth-order valence-electron chi connectivity index (χ4n) is 2.65. The van der Waals surface area contributed by atoms with Gasteiger partial charge in [0.15, 0.2) is 0 Å². The van der Waals surface area contributed by atoms with Gasteiger partial charge in [0.25, 0.3) is 0 Å².